The zero-order chi connectivity index (χ0) is 15.6. The third-order valence-electron chi connectivity index (χ3n) is 2.85. The maximum absolute atomic E-state index is 12.9. The summed E-state index contributed by atoms with van der Waals surface area (Å²) in [6.45, 7) is 3.75. The summed E-state index contributed by atoms with van der Waals surface area (Å²) in [5.41, 5.74) is 0.492. The number of alkyl halides is 3. The predicted molar refractivity (Wildman–Crippen MR) is 72.1 cm³/mol. The van der Waals surface area contributed by atoms with Crippen LogP contribution in [0.2, 0.25) is 0 Å². The standard InChI is InChI=1S/C16H12F3NO/c1-10-5-11(2)7-14(6-10)21-13-4-3-12(9-20)15(8-13)16(17,18)19/h3-8H,1-2H3. The van der Waals surface area contributed by atoms with Gasteiger partial charge in [0.15, 0.2) is 0 Å². The number of nitrogens with zero attached hydrogens (tertiary/aromatic N) is 1. The van der Waals surface area contributed by atoms with E-state index in [2.05, 4.69) is 0 Å². The highest BCUT2D eigenvalue weighted by Crippen LogP contribution is 2.35. The molecule has 2 aromatic rings. The quantitative estimate of drug-likeness (QED) is 0.781. The van der Waals surface area contributed by atoms with Gasteiger partial charge in [-0.25, -0.2) is 0 Å². The molecule has 0 aliphatic heterocycles. The van der Waals surface area contributed by atoms with Gasteiger partial charge in [0, 0.05) is 0 Å². The molecule has 0 aliphatic rings. The molecule has 0 radical (unpaired) electrons. The summed E-state index contributed by atoms with van der Waals surface area (Å²) >= 11 is 0. The molecule has 0 saturated heterocycles. The van der Waals surface area contributed by atoms with Gasteiger partial charge in [0.2, 0.25) is 0 Å². The van der Waals surface area contributed by atoms with Crippen molar-refractivity contribution in [3.05, 3.63) is 58.7 Å². The van der Waals surface area contributed by atoms with Crippen molar-refractivity contribution < 1.29 is 17.9 Å². The molecule has 0 aliphatic carbocycles. The largest absolute Gasteiger partial charge is 0.457 e. The number of aryl methyl sites for hydroxylation is 2. The maximum Gasteiger partial charge on any atom is 0.417 e. The molecule has 0 amide bonds. The van der Waals surface area contributed by atoms with Crippen LogP contribution in [-0.2, 0) is 6.18 Å². The Hall–Kier alpha value is -2.48. The number of nitriles is 1. The second kappa shape index (κ2) is 5.49. The third kappa shape index (κ3) is 3.54. The first kappa shape index (κ1) is 14.9. The number of hydrogen-bond donors (Lipinski definition) is 0. The fourth-order valence-electron chi connectivity index (χ4n) is 2.05. The Bertz CT molecular complexity index is 694. The average molecular weight is 291 g/mol. The molecule has 0 saturated carbocycles. The molecule has 0 spiro atoms. The first-order valence-corrected chi connectivity index (χ1v) is 6.17. The molecule has 0 bridgehead atoms. The summed E-state index contributed by atoms with van der Waals surface area (Å²) < 4.78 is 44.1. The van der Waals surface area contributed by atoms with Gasteiger partial charge in [-0.05, 0) is 55.3 Å². The Balaban J connectivity index is 2.40. The molecular weight excluding hydrogens is 279 g/mol. The van der Waals surface area contributed by atoms with Crippen LogP contribution in [0.5, 0.6) is 11.5 Å². The van der Waals surface area contributed by atoms with Crippen molar-refractivity contribution in [1.29, 1.82) is 5.26 Å². The van der Waals surface area contributed by atoms with E-state index >= 15 is 0 Å². The van der Waals surface area contributed by atoms with Crippen LogP contribution in [0.4, 0.5) is 13.2 Å². The molecular formula is C16H12F3NO. The lowest BCUT2D eigenvalue weighted by Gasteiger charge is -2.12. The van der Waals surface area contributed by atoms with Gasteiger partial charge in [-0.2, -0.15) is 18.4 Å². The molecule has 0 atom stereocenters. The van der Waals surface area contributed by atoms with Crippen molar-refractivity contribution in [2.75, 3.05) is 0 Å². The third-order valence-corrected chi connectivity index (χ3v) is 2.85. The van der Waals surface area contributed by atoms with Gasteiger partial charge in [-0.3, -0.25) is 0 Å². The normalized spacial score (nSPS) is 11.0. The minimum atomic E-state index is -4.59. The number of ether oxygens (including phenoxy) is 1. The summed E-state index contributed by atoms with van der Waals surface area (Å²) in [5.74, 6) is 0.511. The van der Waals surface area contributed by atoms with Crippen molar-refractivity contribution in [3.8, 4) is 17.6 Å². The molecule has 0 N–H and O–H groups in total. The Morgan fingerprint density at radius 3 is 2.10 bits per heavy atom. The summed E-state index contributed by atoms with van der Waals surface area (Å²) in [7, 11) is 0. The lowest BCUT2D eigenvalue weighted by atomic mass is 10.1. The van der Waals surface area contributed by atoms with Crippen molar-refractivity contribution in [2.45, 2.75) is 20.0 Å². The van der Waals surface area contributed by atoms with Gasteiger partial charge in [-0.15, -0.1) is 0 Å². The van der Waals surface area contributed by atoms with Crippen LogP contribution in [0.1, 0.15) is 22.3 Å². The molecule has 0 fully saturated rings. The minimum Gasteiger partial charge on any atom is -0.457 e. The molecule has 2 nitrogen and oxygen atoms in total. The Morgan fingerprint density at radius 1 is 0.952 bits per heavy atom. The highest BCUT2D eigenvalue weighted by molar-refractivity contribution is 5.46. The number of halogens is 3. The monoisotopic (exact) mass is 291 g/mol. The van der Waals surface area contributed by atoms with Crippen LogP contribution < -0.4 is 4.74 Å². The smallest absolute Gasteiger partial charge is 0.417 e. The second-order valence-corrected chi connectivity index (χ2v) is 4.74. The van der Waals surface area contributed by atoms with E-state index in [4.69, 9.17) is 10.00 Å². The van der Waals surface area contributed by atoms with E-state index < -0.39 is 17.3 Å². The van der Waals surface area contributed by atoms with Crippen LogP contribution in [0.15, 0.2) is 36.4 Å². The molecule has 5 heteroatoms. The molecule has 21 heavy (non-hydrogen) atoms. The lowest BCUT2D eigenvalue weighted by Crippen LogP contribution is -2.07. The summed E-state index contributed by atoms with van der Waals surface area (Å²) in [6.07, 6.45) is -4.59. The van der Waals surface area contributed by atoms with E-state index in [1.54, 1.807) is 12.1 Å². The van der Waals surface area contributed by atoms with E-state index in [9.17, 15) is 13.2 Å². The van der Waals surface area contributed by atoms with Crippen LogP contribution in [0.25, 0.3) is 0 Å². The van der Waals surface area contributed by atoms with Crippen molar-refractivity contribution in [1.82, 2.24) is 0 Å². The first-order valence-electron chi connectivity index (χ1n) is 6.17. The molecule has 108 valence electrons. The average Bonchev–Trinajstić information content (AvgIpc) is 2.36. The van der Waals surface area contributed by atoms with Gasteiger partial charge in [0.1, 0.15) is 11.5 Å². The Morgan fingerprint density at radius 2 is 1.57 bits per heavy atom. The lowest BCUT2D eigenvalue weighted by molar-refractivity contribution is -0.137. The van der Waals surface area contributed by atoms with E-state index in [1.807, 2.05) is 19.9 Å². The molecule has 2 rings (SSSR count). The van der Waals surface area contributed by atoms with Crippen LogP contribution in [0, 0.1) is 25.2 Å². The Kier molecular flexibility index (Phi) is 3.90. The van der Waals surface area contributed by atoms with Crippen molar-refractivity contribution >= 4 is 0 Å². The molecule has 0 unspecified atom stereocenters. The summed E-state index contributed by atoms with van der Waals surface area (Å²) in [4.78, 5) is 0. The zero-order valence-electron chi connectivity index (χ0n) is 11.5. The van der Waals surface area contributed by atoms with Gasteiger partial charge in [-0.1, -0.05) is 6.07 Å². The highest BCUT2D eigenvalue weighted by Gasteiger charge is 2.34. The van der Waals surface area contributed by atoms with Gasteiger partial charge in [0.05, 0.1) is 17.2 Å². The Labute approximate surface area is 120 Å². The predicted octanol–water partition coefficient (Wildman–Crippen LogP) is 4.99. The number of benzene rings is 2. The fourth-order valence-corrected chi connectivity index (χ4v) is 2.05. The SMILES string of the molecule is Cc1cc(C)cc(Oc2ccc(C#N)c(C(F)(F)F)c2)c1. The first-order chi connectivity index (χ1) is 9.79. The van der Waals surface area contributed by atoms with Crippen molar-refractivity contribution in [3.63, 3.8) is 0 Å². The van der Waals surface area contributed by atoms with Gasteiger partial charge in [0.25, 0.3) is 0 Å². The number of rotatable bonds is 2. The minimum absolute atomic E-state index is 0.0475. The fraction of sp³-hybridized carbons (Fsp3) is 0.188. The molecule has 2 aromatic carbocycles. The maximum atomic E-state index is 12.9. The highest BCUT2D eigenvalue weighted by atomic mass is 19.4. The van der Waals surface area contributed by atoms with E-state index in [-0.39, 0.29) is 5.75 Å². The van der Waals surface area contributed by atoms with E-state index in [1.165, 1.54) is 12.1 Å². The zero-order valence-corrected chi connectivity index (χ0v) is 11.5. The number of hydrogen-bond acceptors (Lipinski definition) is 2. The molecule has 0 heterocycles. The van der Waals surface area contributed by atoms with E-state index in [0.29, 0.717) is 5.75 Å². The summed E-state index contributed by atoms with van der Waals surface area (Å²) in [5, 5.41) is 8.74. The second-order valence-electron chi connectivity index (χ2n) is 4.74. The van der Waals surface area contributed by atoms with E-state index in [0.717, 1.165) is 23.3 Å². The van der Waals surface area contributed by atoms with Crippen LogP contribution in [0.3, 0.4) is 0 Å². The van der Waals surface area contributed by atoms with Gasteiger partial charge >= 0.3 is 6.18 Å². The van der Waals surface area contributed by atoms with Crippen LogP contribution >= 0.6 is 0 Å². The van der Waals surface area contributed by atoms with Gasteiger partial charge < -0.3 is 4.74 Å². The molecule has 0 aromatic heterocycles. The van der Waals surface area contributed by atoms with Crippen LogP contribution in [-0.4, -0.2) is 0 Å². The summed E-state index contributed by atoms with van der Waals surface area (Å²) in [6, 6.07) is 10.3. The topological polar surface area (TPSA) is 33.0 Å². The van der Waals surface area contributed by atoms with Crippen molar-refractivity contribution in [2.24, 2.45) is 0 Å².